The minimum atomic E-state index is -1.64. The van der Waals surface area contributed by atoms with Gasteiger partial charge in [0.05, 0.1) is 17.8 Å². The van der Waals surface area contributed by atoms with Crippen LogP contribution < -0.4 is 0 Å². The lowest BCUT2D eigenvalue weighted by molar-refractivity contribution is -0.101. The maximum atomic E-state index is 10.5. The molecule has 5 atom stereocenters. The van der Waals surface area contributed by atoms with Gasteiger partial charge in [-0.05, 0) is 19.1 Å². The molecule has 8 nitrogen and oxygen atoms in total. The van der Waals surface area contributed by atoms with Crippen molar-refractivity contribution in [1.82, 2.24) is 19.5 Å². The molecule has 1 aliphatic carbocycles. The van der Waals surface area contributed by atoms with Crippen molar-refractivity contribution in [1.29, 1.82) is 0 Å². The molecular weight excluding hydrogens is 324 g/mol. The maximum Gasteiger partial charge on any atom is 0.144 e. The minimum absolute atomic E-state index is 0.0597. The highest BCUT2D eigenvalue weighted by Gasteiger charge is 2.60. The fourth-order valence-corrected chi connectivity index (χ4v) is 3.29. The molecule has 3 aromatic heterocycles. The molecule has 0 bridgehead atoms. The molecule has 0 aliphatic heterocycles. The van der Waals surface area contributed by atoms with Crippen LogP contribution in [0.2, 0.25) is 0 Å². The fourth-order valence-electron chi connectivity index (χ4n) is 3.29. The number of nitrogens with zero attached hydrogens (tertiary/aromatic N) is 3. The molecule has 1 saturated carbocycles. The molecule has 25 heavy (non-hydrogen) atoms. The zero-order valence-electron chi connectivity index (χ0n) is 13.6. The van der Waals surface area contributed by atoms with Crippen LogP contribution in [0.5, 0.6) is 0 Å². The molecule has 1 fully saturated rings. The van der Waals surface area contributed by atoms with Crippen molar-refractivity contribution in [3.8, 4) is 11.3 Å². The van der Waals surface area contributed by atoms with Gasteiger partial charge in [-0.25, -0.2) is 9.97 Å². The fraction of sp³-hybridized carbons (Fsp3) is 0.412. The predicted octanol–water partition coefficient (Wildman–Crippen LogP) is 0.205. The number of hydrogen-bond donors (Lipinski definition) is 5. The first-order chi connectivity index (χ1) is 11.9. The van der Waals surface area contributed by atoms with Crippen molar-refractivity contribution < 1.29 is 20.4 Å². The third kappa shape index (κ3) is 2.46. The van der Waals surface area contributed by atoms with E-state index in [0.717, 1.165) is 16.6 Å². The summed E-state index contributed by atoms with van der Waals surface area (Å²) in [5.41, 5.74) is 0.674. The second kappa shape index (κ2) is 5.63. The Bertz CT molecular complexity index is 893. The van der Waals surface area contributed by atoms with E-state index in [4.69, 9.17) is 0 Å². The highest BCUT2D eigenvalue weighted by molar-refractivity contribution is 5.90. The highest BCUT2D eigenvalue weighted by Crippen LogP contribution is 2.42. The van der Waals surface area contributed by atoms with Crippen LogP contribution in [0.25, 0.3) is 22.3 Å². The quantitative estimate of drug-likeness (QED) is 0.450. The van der Waals surface area contributed by atoms with Gasteiger partial charge in [0.25, 0.3) is 0 Å². The zero-order chi connectivity index (χ0) is 17.8. The lowest BCUT2D eigenvalue weighted by Gasteiger charge is -2.28. The number of H-pyrrole nitrogens is 1. The van der Waals surface area contributed by atoms with Crippen molar-refractivity contribution in [2.45, 2.75) is 43.3 Å². The molecule has 8 heteroatoms. The average molecular weight is 344 g/mol. The van der Waals surface area contributed by atoms with E-state index in [1.807, 2.05) is 24.5 Å². The van der Waals surface area contributed by atoms with E-state index in [2.05, 4.69) is 15.0 Å². The summed E-state index contributed by atoms with van der Waals surface area (Å²) in [6, 6.07) is 3.21. The number of aliphatic hydroxyl groups is 4. The van der Waals surface area contributed by atoms with E-state index in [9.17, 15) is 20.4 Å². The lowest BCUT2D eigenvalue weighted by Crippen LogP contribution is -2.45. The summed E-state index contributed by atoms with van der Waals surface area (Å²) < 4.78 is 1.74. The summed E-state index contributed by atoms with van der Waals surface area (Å²) in [6.45, 7) is 1.73. The number of fused-ring (bicyclic) bond motifs is 1. The van der Waals surface area contributed by atoms with Gasteiger partial charge in [0.1, 0.15) is 29.8 Å². The van der Waals surface area contributed by atoms with Crippen LogP contribution in [0.3, 0.4) is 0 Å². The van der Waals surface area contributed by atoms with Crippen molar-refractivity contribution in [2.75, 3.05) is 0 Å². The average Bonchev–Trinajstić information content (AvgIpc) is 3.07. The third-order valence-electron chi connectivity index (χ3n) is 5.09. The van der Waals surface area contributed by atoms with E-state index in [0.29, 0.717) is 5.65 Å². The summed E-state index contributed by atoms with van der Waals surface area (Å²) >= 11 is 0. The van der Waals surface area contributed by atoms with Crippen LogP contribution in [0, 0.1) is 0 Å². The maximum absolute atomic E-state index is 10.5. The Kier molecular flexibility index (Phi) is 3.66. The molecule has 0 aromatic carbocycles. The molecule has 1 aliphatic rings. The predicted molar refractivity (Wildman–Crippen MR) is 89.6 cm³/mol. The van der Waals surface area contributed by atoms with Gasteiger partial charge in [0.2, 0.25) is 0 Å². The normalized spacial score (nSPS) is 26.5. The van der Waals surface area contributed by atoms with Crippen LogP contribution in [0.1, 0.15) is 19.4 Å². The number of rotatable bonds is 5. The monoisotopic (exact) mass is 344 g/mol. The van der Waals surface area contributed by atoms with Crippen LogP contribution in [0.4, 0.5) is 0 Å². The van der Waals surface area contributed by atoms with Crippen LogP contribution >= 0.6 is 0 Å². The molecule has 132 valence electrons. The summed E-state index contributed by atoms with van der Waals surface area (Å²) in [5.74, 6) is 0. The summed E-state index contributed by atoms with van der Waals surface area (Å²) in [5, 5.41) is 41.1. The Morgan fingerprint density at radius 1 is 1.32 bits per heavy atom. The Hall–Kier alpha value is -2.26. The second-order valence-corrected chi connectivity index (χ2v) is 6.67. The Morgan fingerprint density at radius 3 is 2.72 bits per heavy atom. The zero-order valence-corrected chi connectivity index (χ0v) is 13.6. The molecule has 2 unspecified atom stereocenters. The lowest BCUT2D eigenvalue weighted by atomic mass is 10.00. The number of aliphatic hydroxyl groups excluding tert-OH is 3. The van der Waals surface area contributed by atoms with Crippen molar-refractivity contribution in [3.63, 3.8) is 0 Å². The van der Waals surface area contributed by atoms with Crippen molar-refractivity contribution in [3.05, 3.63) is 37.1 Å². The Labute approximate surface area is 143 Å². The molecule has 0 radical (unpaired) electrons. The van der Waals surface area contributed by atoms with Crippen LogP contribution in [0.15, 0.2) is 37.1 Å². The van der Waals surface area contributed by atoms with Gasteiger partial charge in [-0.15, -0.1) is 0 Å². The molecule has 4 rings (SSSR count). The first-order valence-electron chi connectivity index (χ1n) is 8.15. The van der Waals surface area contributed by atoms with E-state index in [1.165, 1.54) is 6.33 Å². The molecular formula is C17H20N4O4. The molecule has 0 saturated heterocycles. The molecule has 0 amide bonds. The standard InChI is InChI=1S/C17H20N4O4/c1-9(14(23)15(24)17(25)6-12(17)22)21-5-3-11-13(10-2-4-18-7-10)19-8-20-16(11)21/h2-5,7-9,12,14-15,18,22-25H,6H2,1H3/t9-,12?,14+,15+,17?/m1/s1. The van der Waals surface area contributed by atoms with Crippen LogP contribution in [-0.4, -0.2) is 63.9 Å². The Balaban J connectivity index is 1.69. The number of hydrogen-bond acceptors (Lipinski definition) is 6. The van der Waals surface area contributed by atoms with E-state index in [-0.39, 0.29) is 6.42 Å². The van der Waals surface area contributed by atoms with Gasteiger partial charge in [-0.3, -0.25) is 0 Å². The first kappa shape index (κ1) is 16.2. The topological polar surface area (TPSA) is 127 Å². The molecule has 0 spiro atoms. The van der Waals surface area contributed by atoms with Gasteiger partial charge in [-0.2, -0.15) is 0 Å². The number of aromatic amines is 1. The smallest absolute Gasteiger partial charge is 0.144 e. The second-order valence-electron chi connectivity index (χ2n) is 6.67. The van der Waals surface area contributed by atoms with Gasteiger partial charge < -0.3 is 30.0 Å². The minimum Gasteiger partial charge on any atom is -0.390 e. The highest BCUT2D eigenvalue weighted by atomic mass is 16.4. The summed E-state index contributed by atoms with van der Waals surface area (Å²) in [7, 11) is 0. The number of nitrogens with one attached hydrogen (secondary N) is 1. The third-order valence-corrected chi connectivity index (χ3v) is 5.09. The molecule has 3 heterocycles. The summed E-state index contributed by atoms with van der Waals surface area (Å²) in [4.78, 5) is 11.6. The molecule has 3 aromatic rings. The largest absolute Gasteiger partial charge is 0.390 e. The summed E-state index contributed by atoms with van der Waals surface area (Å²) in [6.07, 6.45) is 3.22. The molecule has 5 N–H and O–H groups in total. The van der Waals surface area contributed by atoms with E-state index >= 15 is 0 Å². The van der Waals surface area contributed by atoms with Gasteiger partial charge in [0, 0.05) is 36.0 Å². The van der Waals surface area contributed by atoms with E-state index < -0.39 is 30.0 Å². The van der Waals surface area contributed by atoms with Crippen molar-refractivity contribution >= 4 is 11.0 Å². The SMILES string of the molecule is C[C@H]([C@H](O)[C@H](O)C1(O)CC1O)n1ccc2c(-c3cc[nH]c3)ncnc21. The van der Waals surface area contributed by atoms with Gasteiger partial charge in [-0.1, -0.05) is 0 Å². The van der Waals surface area contributed by atoms with E-state index in [1.54, 1.807) is 17.7 Å². The van der Waals surface area contributed by atoms with Crippen molar-refractivity contribution in [2.24, 2.45) is 0 Å². The van der Waals surface area contributed by atoms with Gasteiger partial charge >= 0.3 is 0 Å². The van der Waals surface area contributed by atoms with Crippen LogP contribution in [-0.2, 0) is 0 Å². The Morgan fingerprint density at radius 2 is 2.08 bits per heavy atom. The number of aromatic nitrogens is 4. The first-order valence-corrected chi connectivity index (χ1v) is 8.15. The van der Waals surface area contributed by atoms with Gasteiger partial charge in [0.15, 0.2) is 0 Å².